The maximum Gasteiger partial charge on any atom is 0.271 e. The lowest BCUT2D eigenvalue weighted by Crippen LogP contribution is -2.25. The smallest absolute Gasteiger partial charge is 0.271 e. The number of amides is 1. The Hall–Kier alpha value is -3.28. The zero-order valence-electron chi connectivity index (χ0n) is 13.8. The Kier molecular flexibility index (Phi) is 3.85. The van der Waals surface area contributed by atoms with Crippen LogP contribution in [-0.4, -0.2) is 27.6 Å². The minimum Gasteiger partial charge on any atom is -0.460 e. The first-order chi connectivity index (χ1) is 12.2. The third kappa shape index (κ3) is 3.06. The lowest BCUT2D eigenvalue weighted by molar-refractivity contribution is 0.0949. The summed E-state index contributed by atoms with van der Waals surface area (Å²) in [5.74, 6) is 1.28. The Morgan fingerprint density at radius 2 is 2.12 bits per heavy atom. The molecule has 126 valence electrons. The van der Waals surface area contributed by atoms with Crippen molar-refractivity contribution in [3.8, 4) is 11.5 Å². The summed E-state index contributed by atoms with van der Waals surface area (Å²) in [4.78, 5) is 15.5. The number of rotatable bonds is 5. The number of carbonyl (C=O) groups excluding carboxylic acids is 1. The molecule has 0 atom stereocenters. The Morgan fingerprint density at radius 1 is 1.24 bits per heavy atom. The molecule has 0 radical (unpaired) electrons. The van der Waals surface area contributed by atoms with Crippen molar-refractivity contribution in [1.82, 2.24) is 20.5 Å². The SMILES string of the molecule is Cc1ccc(-c2cc(C(=O)NCCc3c[nH]c4ccccc34)n[nH]2)o1. The first-order valence-corrected chi connectivity index (χ1v) is 8.16. The minimum atomic E-state index is -0.203. The van der Waals surface area contributed by atoms with E-state index in [0.717, 1.165) is 17.7 Å². The quantitative estimate of drug-likeness (QED) is 0.522. The highest BCUT2D eigenvalue weighted by Gasteiger charge is 2.13. The molecule has 3 aromatic heterocycles. The molecule has 0 saturated heterocycles. The van der Waals surface area contributed by atoms with Crippen LogP contribution in [0.2, 0.25) is 0 Å². The molecule has 0 aliphatic carbocycles. The molecule has 4 aromatic rings. The van der Waals surface area contributed by atoms with Gasteiger partial charge in [0.25, 0.3) is 5.91 Å². The van der Waals surface area contributed by atoms with Crippen molar-refractivity contribution in [3.63, 3.8) is 0 Å². The summed E-state index contributed by atoms with van der Waals surface area (Å²) in [6.45, 7) is 2.42. The summed E-state index contributed by atoms with van der Waals surface area (Å²) < 4.78 is 5.53. The van der Waals surface area contributed by atoms with Gasteiger partial charge in [-0.2, -0.15) is 5.10 Å². The van der Waals surface area contributed by atoms with Crippen LogP contribution in [0.4, 0.5) is 0 Å². The predicted octanol–water partition coefficient (Wildman–Crippen LogP) is 3.43. The van der Waals surface area contributed by atoms with Gasteiger partial charge in [0.15, 0.2) is 11.5 Å². The van der Waals surface area contributed by atoms with E-state index in [1.807, 2.05) is 43.5 Å². The fraction of sp³-hybridized carbons (Fsp3) is 0.158. The third-order valence-electron chi connectivity index (χ3n) is 4.17. The van der Waals surface area contributed by atoms with Gasteiger partial charge in [-0.15, -0.1) is 0 Å². The molecule has 25 heavy (non-hydrogen) atoms. The number of nitrogens with one attached hydrogen (secondary N) is 3. The van der Waals surface area contributed by atoms with Gasteiger partial charge in [-0.05, 0) is 37.1 Å². The maximum atomic E-state index is 12.3. The number of aromatic amines is 2. The van der Waals surface area contributed by atoms with Gasteiger partial charge >= 0.3 is 0 Å². The van der Waals surface area contributed by atoms with E-state index in [0.29, 0.717) is 23.7 Å². The number of hydrogen-bond acceptors (Lipinski definition) is 3. The number of carbonyl (C=O) groups is 1. The van der Waals surface area contributed by atoms with Crippen LogP contribution in [0.15, 0.2) is 53.1 Å². The molecule has 0 saturated carbocycles. The molecule has 6 nitrogen and oxygen atoms in total. The predicted molar refractivity (Wildman–Crippen MR) is 95.4 cm³/mol. The molecule has 3 N–H and O–H groups in total. The van der Waals surface area contributed by atoms with Gasteiger partial charge in [-0.25, -0.2) is 0 Å². The van der Waals surface area contributed by atoms with Gasteiger partial charge in [0.1, 0.15) is 11.5 Å². The second kappa shape index (κ2) is 6.32. The van der Waals surface area contributed by atoms with Crippen LogP contribution in [-0.2, 0) is 6.42 Å². The van der Waals surface area contributed by atoms with Gasteiger partial charge in [0.2, 0.25) is 0 Å². The number of benzene rings is 1. The van der Waals surface area contributed by atoms with Gasteiger partial charge in [0, 0.05) is 29.7 Å². The number of furan rings is 1. The second-order valence-electron chi connectivity index (χ2n) is 5.94. The van der Waals surface area contributed by atoms with E-state index in [1.54, 1.807) is 6.07 Å². The zero-order valence-corrected chi connectivity index (χ0v) is 13.8. The van der Waals surface area contributed by atoms with Crippen molar-refractivity contribution in [2.45, 2.75) is 13.3 Å². The number of nitrogens with zero attached hydrogens (tertiary/aromatic N) is 1. The lowest BCUT2D eigenvalue weighted by atomic mass is 10.1. The van der Waals surface area contributed by atoms with E-state index in [-0.39, 0.29) is 5.91 Å². The summed E-state index contributed by atoms with van der Waals surface area (Å²) in [5.41, 5.74) is 3.33. The van der Waals surface area contributed by atoms with Crippen LogP contribution in [0.3, 0.4) is 0 Å². The molecule has 3 heterocycles. The van der Waals surface area contributed by atoms with Crippen LogP contribution in [0.1, 0.15) is 21.8 Å². The van der Waals surface area contributed by atoms with Crippen LogP contribution in [0, 0.1) is 6.92 Å². The first-order valence-electron chi connectivity index (χ1n) is 8.16. The molecular formula is C19H18N4O2. The average molecular weight is 334 g/mol. The van der Waals surface area contributed by atoms with Gasteiger partial charge in [0.05, 0.1) is 0 Å². The molecule has 0 aliphatic heterocycles. The zero-order chi connectivity index (χ0) is 17.2. The average Bonchev–Trinajstić information content (AvgIpc) is 3.34. The topological polar surface area (TPSA) is 86.7 Å². The maximum absolute atomic E-state index is 12.3. The van der Waals surface area contributed by atoms with E-state index < -0.39 is 0 Å². The van der Waals surface area contributed by atoms with E-state index >= 15 is 0 Å². The number of aryl methyl sites for hydroxylation is 1. The molecule has 0 spiro atoms. The van der Waals surface area contributed by atoms with E-state index in [4.69, 9.17) is 4.42 Å². The fourth-order valence-electron chi connectivity index (χ4n) is 2.88. The highest BCUT2D eigenvalue weighted by molar-refractivity contribution is 5.93. The molecule has 0 aliphatic rings. The van der Waals surface area contributed by atoms with Crippen LogP contribution >= 0.6 is 0 Å². The fourth-order valence-corrected chi connectivity index (χ4v) is 2.88. The second-order valence-corrected chi connectivity index (χ2v) is 5.94. The molecule has 1 aromatic carbocycles. The Balaban J connectivity index is 1.38. The van der Waals surface area contributed by atoms with Crippen molar-refractivity contribution in [2.24, 2.45) is 0 Å². The number of fused-ring (bicyclic) bond motifs is 1. The number of H-pyrrole nitrogens is 2. The van der Waals surface area contributed by atoms with Crippen LogP contribution < -0.4 is 5.32 Å². The van der Waals surface area contributed by atoms with E-state index in [9.17, 15) is 4.79 Å². The number of aromatic nitrogens is 3. The van der Waals surface area contributed by atoms with Crippen LogP contribution in [0.5, 0.6) is 0 Å². The molecule has 6 heteroatoms. The van der Waals surface area contributed by atoms with E-state index in [2.05, 4.69) is 26.6 Å². The highest BCUT2D eigenvalue weighted by Crippen LogP contribution is 2.20. The summed E-state index contributed by atoms with van der Waals surface area (Å²) in [6.07, 6.45) is 2.74. The van der Waals surface area contributed by atoms with Gasteiger partial charge in [-0.3, -0.25) is 9.89 Å². The van der Waals surface area contributed by atoms with Gasteiger partial charge in [-0.1, -0.05) is 18.2 Å². The molecule has 0 bridgehead atoms. The molecule has 0 fully saturated rings. The van der Waals surface area contributed by atoms with Crippen molar-refractivity contribution < 1.29 is 9.21 Å². The summed E-state index contributed by atoms with van der Waals surface area (Å²) >= 11 is 0. The summed E-state index contributed by atoms with van der Waals surface area (Å²) in [5, 5.41) is 11.0. The largest absolute Gasteiger partial charge is 0.460 e. The highest BCUT2D eigenvalue weighted by atomic mass is 16.3. The number of para-hydroxylation sites is 1. The first kappa shape index (κ1) is 15.3. The lowest BCUT2D eigenvalue weighted by Gasteiger charge is -2.02. The van der Waals surface area contributed by atoms with Crippen molar-refractivity contribution >= 4 is 16.8 Å². The summed E-state index contributed by atoms with van der Waals surface area (Å²) in [6, 6.07) is 13.5. The van der Waals surface area contributed by atoms with Crippen molar-refractivity contribution in [2.75, 3.05) is 6.54 Å². The minimum absolute atomic E-state index is 0.203. The standard InChI is InChI=1S/C19H18N4O2/c1-12-6-7-18(25-12)16-10-17(23-22-16)19(24)20-9-8-13-11-21-15-5-3-2-4-14(13)15/h2-7,10-11,21H,8-9H2,1H3,(H,20,24)(H,22,23). The Bertz CT molecular complexity index is 1020. The van der Waals surface area contributed by atoms with Gasteiger partial charge < -0.3 is 14.7 Å². The molecule has 1 amide bonds. The Labute approximate surface area is 144 Å². The molecular weight excluding hydrogens is 316 g/mol. The van der Waals surface area contributed by atoms with Crippen molar-refractivity contribution in [3.05, 3.63) is 65.7 Å². The van der Waals surface area contributed by atoms with E-state index in [1.165, 1.54) is 10.9 Å². The summed E-state index contributed by atoms with van der Waals surface area (Å²) in [7, 11) is 0. The number of hydrogen-bond donors (Lipinski definition) is 3. The monoisotopic (exact) mass is 334 g/mol. The Morgan fingerprint density at radius 3 is 2.96 bits per heavy atom. The van der Waals surface area contributed by atoms with Crippen LogP contribution in [0.25, 0.3) is 22.4 Å². The van der Waals surface area contributed by atoms with Crippen molar-refractivity contribution in [1.29, 1.82) is 0 Å². The molecule has 4 rings (SSSR count). The third-order valence-corrected chi connectivity index (χ3v) is 4.17. The normalized spacial score (nSPS) is 11.1. The molecule has 0 unspecified atom stereocenters.